The fourth-order valence-electron chi connectivity index (χ4n) is 3.19. The predicted molar refractivity (Wildman–Crippen MR) is 120 cm³/mol. The summed E-state index contributed by atoms with van der Waals surface area (Å²) in [5.74, 6) is -1.27. The molecule has 0 saturated heterocycles. The van der Waals surface area contributed by atoms with Crippen LogP contribution in [0.1, 0.15) is 49.3 Å². The van der Waals surface area contributed by atoms with E-state index in [0.717, 1.165) is 15.3 Å². The molecule has 0 fully saturated rings. The highest BCUT2D eigenvalue weighted by molar-refractivity contribution is 7.12. The molecule has 0 aliphatic heterocycles. The topological polar surface area (TPSA) is 119 Å². The van der Waals surface area contributed by atoms with Crippen LogP contribution in [0.5, 0.6) is 0 Å². The van der Waals surface area contributed by atoms with E-state index in [1.807, 2.05) is 26.0 Å². The first-order chi connectivity index (χ1) is 15.3. The van der Waals surface area contributed by atoms with Gasteiger partial charge in [0.15, 0.2) is 5.58 Å². The first kappa shape index (κ1) is 21.4. The zero-order chi connectivity index (χ0) is 22.8. The van der Waals surface area contributed by atoms with Gasteiger partial charge in [-0.1, -0.05) is 6.07 Å². The van der Waals surface area contributed by atoms with Crippen LogP contribution in [-0.2, 0) is 13.6 Å². The molecule has 9 nitrogen and oxygen atoms in total. The van der Waals surface area contributed by atoms with Gasteiger partial charge >= 0.3 is 5.76 Å². The predicted octanol–water partition coefficient (Wildman–Crippen LogP) is 2.71. The molecule has 1 aromatic carbocycles. The molecular formula is C22H21N5O4S. The van der Waals surface area contributed by atoms with Crippen LogP contribution in [0.25, 0.3) is 11.1 Å². The number of fused-ring (bicyclic) bond motifs is 1. The van der Waals surface area contributed by atoms with E-state index in [1.54, 1.807) is 36.6 Å². The second-order valence-electron chi connectivity index (χ2n) is 7.34. The second kappa shape index (κ2) is 8.75. The third-order valence-corrected chi connectivity index (χ3v) is 6.16. The lowest BCUT2D eigenvalue weighted by atomic mass is 10.2. The van der Waals surface area contributed by atoms with Crippen molar-refractivity contribution in [1.29, 1.82) is 0 Å². The lowest BCUT2D eigenvalue weighted by molar-refractivity contribution is 0.0935. The lowest BCUT2D eigenvalue weighted by Gasteiger charge is -2.12. The van der Waals surface area contributed by atoms with Gasteiger partial charge in [-0.15, -0.1) is 11.3 Å². The number of carbonyl (C=O) groups is 2. The minimum absolute atomic E-state index is 0.0848. The summed E-state index contributed by atoms with van der Waals surface area (Å²) in [6.07, 6.45) is 1.19. The van der Waals surface area contributed by atoms with Crippen LogP contribution in [0.3, 0.4) is 0 Å². The molecule has 164 valence electrons. The van der Waals surface area contributed by atoms with Gasteiger partial charge < -0.3 is 15.1 Å². The molecule has 32 heavy (non-hydrogen) atoms. The summed E-state index contributed by atoms with van der Waals surface area (Å²) in [4.78, 5) is 46.9. The van der Waals surface area contributed by atoms with Crippen LogP contribution in [0, 0.1) is 6.92 Å². The Labute approximate surface area is 187 Å². The van der Waals surface area contributed by atoms with E-state index in [1.165, 1.54) is 17.0 Å². The highest BCUT2D eigenvalue weighted by Crippen LogP contribution is 2.22. The van der Waals surface area contributed by atoms with Gasteiger partial charge in [0.2, 0.25) is 0 Å². The number of hydrogen-bond acceptors (Lipinski definition) is 7. The molecule has 1 atom stereocenters. The van der Waals surface area contributed by atoms with Crippen LogP contribution in [-0.4, -0.2) is 26.3 Å². The number of thiophene rings is 1. The molecule has 10 heteroatoms. The van der Waals surface area contributed by atoms with Crippen LogP contribution in [0.4, 0.5) is 0 Å². The van der Waals surface area contributed by atoms with E-state index in [9.17, 15) is 14.4 Å². The Morgan fingerprint density at radius 2 is 1.88 bits per heavy atom. The van der Waals surface area contributed by atoms with E-state index in [0.29, 0.717) is 11.1 Å². The molecule has 4 rings (SSSR count). The van der Waals surface area contributed by atoms with Crippen molar-refractivity contribution in [1.82, 2.24) is 25.2 Å². The summed E-state index contributed by atoms with van der Waals surface area (Å²) in [5, 5.41) is 5.65. The Morgan fingerprint density at radius 3 is 2.59 bits per heavy atom. The summed E-state index contributed by atoms with van der Waals surface area (Å²) in [6.45, 7) is 4.12. The third-order valence-electron chi connectivity index (χ3n) is 4.98. The van der Waals surface area contributed by atoms with Gasteiger partial charge in [0.25, 0.3) is 11.8 Å². The van der Waals surface area contributed by atoms with Crippen molar-refractivity contribution in [2.45, 2.75) is 26.4 Å². The number of oxazole rings is 1. The summed E-state index contributed by atoms with van der Waals surface area (Å²) in [6, 6.07) is 10.4. The van der Waals surface area contributed by atoms with Gasteiger partial charge in [-0.05, 0) is 43.7 Å². The number of aromatic nitrogens is 3. The number of rotatable bonds is 6. The number of amides is 2. The second-order valence-corrected chi connectivity index (χ2v) is 8.66. The summed E-state index contributed by atoms with van der Waals surface area (Å²) in [7, 11) is 1.62. The Morgan fingerprint density at radius 1 is 1.12 bits per heavy atom. The maximum atomic E-state index is 12.6. The van der Waals surface area contributed by atoms with Gasteiger partial charge in [0.1, 0.15) is 17.7 Å². The molecule has 0 aliphatic carbocycles. The zero-order valence-electron chi connectivity index (χ0n) is 17.7. The van der Waals surface area contributed by atoms with Gasteiger partial charge in [-0.2, -0.15) is 0 Å². The molecule has 0 aliphatic rings. The maximum Gasteiger partial charge on any atom is 0.419 e. The normalized spacial score (nSPS) is 12.0. The number of benzene rings is 1. The van der Waals surface area contributed by atoms with E-state index in [-0.39, 0.29) is 29.9 Å². The maximum absolute atomic E-state index is 12.6. The Hall–Kier alpha value is -3.79. The third kappa shape index (κ3) is 4.45. The first-order valence-corrected chi connectivity index (χ1v) is 10.7. The molecule has 4 aromatic rings. The van der Waals surface area contributed by atoms with E-state index < -0.39 is 11.7 Å². The number of aryl methyl sites for hydroxylation is 2. The molecule has 2 amide bonds. The molecule has 2 N–H and O–H groups in total. The molecular weight excluding hydrogens is 430 g/mol. The first-order valence-electron chi connectivity index (χ1n) is 9.87. The Bertz CT molecular complexity index is 1370. The van der Waals surface area contributed by atoms with Gasteiger partial charge in [-0.25, -0.2) is 14.8 Å². The fourth-order valence-corrected chi connectivity index (χ4v) is 4.07. The SMILES string of the molecule is Cc1ccc([C@H](C)NC(=O)c2cc(C(=O)NCc3ccc4oc(=O)n(C)c4c3)ncn2)s1. The van der Waals surface area contributed by atoms with Crippen molar-refractivity contribution >= 4 is 34.3 Å². The van der Waals surface area contributed by atoms with Crippen molar-refractivity contribution in [2.75, 3.05) is 0 Å². The molecule has 3 heterocycles. The fraction of sp³-hybridized carbons (Fsp3) is 0.227. The largest absolute Gasteiger partial charge is 0.419 e. The van der Waals surface area contributed by atoms with Crippen LogP contribution < -0.4 is 16.4 Å². The molecule has 0 unspecified atom stereocenters. The van der Waals surface area contributed by atoms with Crippen molar-refractivity contribution in [2.24, 2.45) is 7.05 Å². The lowest BCUT2D eigenvalue weighted by Crippen LogP contribution is -2.28. The minimum Gasteiger partial charge on any atom is -0.408 e. The zero-order valence-corrected chi connectivity index (χ0v) is 18.5. The summed E-state index contributed by atoms with van der Waals surface area (Å²) in [5.41, 5.74) is 2.10. The molecule has 0 spiro atoms. The smallest absolute Gasteiger partial charge is 0.408 e. The quantitative estimate of drug-likeness (QED) is 0.465. The van der Waals surface area contributed by atoms with E-state index in [4.69, 9.17) is 4.42 Å². The highest BCUT2D eigenvalue weighted by Gasteiger charge is 2.17. The van der Waals surface area contributed by atoms with Gasteiger partial charge in [0.05, 0.1) is 11.6 Å². The molecule has 0 saturated carbocycles. The van der Waals surface area contributed by atoms with E-state index in [2.05, 4.69) is 20.6 Å². The average molecular weight is 452 g/mol. The highest BCUT2D eigenvalue weighted by atomic mass is 32.1. The van der Waals surface area contributed by atoms with Crippen LogP contribution in [0.15, 0.2) is 51.9 Å². The Kier molecular flexibility index (Phi) is 5.87. The summed E-state index contributed by atoms with van der Waals surface area (Å²) < 4.78 is 6.50. The number of hydrogen-bond donors (Lipinski definition) is 2. The van der Waals surface area contributed by atoms with Crippen LogP contribution >= 0.6 is 11.3 Å². The van der Waals surface area contributed by atoms with Crippen LogP contribution in [0.2, 0.25) is 0 Å². The molecule has 0 bridgehead atoms. The van der Waals surface area contributed by atoms with Crippen molar-refractivity contribution in [3.8, 4) is 0 Å². The van der Waals surface area contributed by atoms with Crippen molar-refractivity contribution in [3.63, 3.8) is 0 Å². The van der Waals surface area contributed by atoms with Crippen molar-refractivity contribution < 1.29 is 14.0 Å². The number of carbonyl (C=O) groups excluding carboxylic acids is 2. The monoisotopic (exact) mass is 451 g/mol. The van der Waals surface area contributed by atoms with Gasteiger partial charge in [0, 0.05) is 29.4 Å². The van der Waals surface area contributed by atoms with Crippen molar-refractivity contribution in [3.05, 3.63) is 80.0 Å². The Balaban J connectivity index is 1.42. The standard InChI is InChI=1S/C22H21N5O4S/c1-12-4-7-19(32-12)13(2)26-21(29)16-9-15(24-11-25-16)20(28)23-10-14-5-6-18-17(8-14)27(3)22(30)31-18/h4-9,11,13H,10H2,1-3H3,(H,23,28)(H,26,29)/t13-/m0/s1. The van der Waals surface area contributed by atoms with E-state index >= 15 is 0 Å². The average Bonchev–Trinajstić information content (AvgIpc) is 3.35. The number of nitrogens with zero attached hydrogens (tertiary/aromatic N) is 3. The summed E-state index contributed by atoms with van der Waals surface area (Å²) >= 11 is 1.61. The molecule has 0 radical (unpaired) electrons. The molecule has 3 aromatic heterocycles. The minimum atomic E-state index is -0.448. The number of nitrogens with one attached hydrogen (secondary N) is 2. The van der Waals surface area contributed by atoms with Gasteiger partial charge in [-0.3, -0.25) is 14.2 Å².